The fourth-order valence-electron chi connectivity index (χ4n) is 3.71. The molecule has 0 radical (unpaired) electrons. The number of rotatable bonds is 9. The number of ether oxygens (including phenoxy) is 1. The van der Waals surface area contributed by atoms with Gasteiger partial charge < -0.3 is 19.9 Å². The second-order valence-electron chi connectivity index (χ2n) is 7.85. The zero-order valence-electron chi connectivity index (χ0n) is 19.6. The molecule has 2 aromatic rings. The Hall–Kier alpha value is -3.11. The van der Waals surface area contributed by atoms with Crippen molar-refractivity contribution in [1.29, 1.82) is 0 Å². The van der Waals surface area contributed by atoms with Gasteiger partial charge in [0.05, 0.1) is 18.0 Å². The molecule has 1 aliphatic heterocycles. The number of hydrogen-bond acceptors (Lipinski definition) is 5. The molecule has 0 aromatic heterocycles. The summed E-state index contributed by atoms with van der Waals surface area (Å²) < 4.78 is 32.6. The number of amides is 3. The molecule has 34 heavy (non-hydrogen) atoms. The lowest BCUT2D eigenvalue weighted by Crippen LogP contribution is -2.54. The van der Waals surface area contributed by atoms with E-state index in [9.17, 15) is 18.0 Å². The Balaban J connectivity index is 1.48. The Labute approximate surface area is 201 Å². The van der Waals surface area contributed by atoms with Gasteiger partial charge in [0.25, 0.3) is 0 Å². The summed E-state index contributed by atoms with van der Waals surface area (Å²) in [6.07, 6.45) is 0. The highest BCUT2D eigenvalue weighted by molar-refractivity contribution is 7.89. The van der Waals surface area contributed by atoms with Crippen LogP contribution in [0.15, 0.2) is 59.5 Å². The molecule has 1 saturated heterocycles. The predicted octanol–water partition coefficient (Wildman–Crippen LogP) is 2.15. The molecule has 0 spiro atoms. The summed E-state index contributed by atoms with van der Waals surface area (Å²) >= 11 is 0. The summed E-state index contributed by atoms with van der Waals surface area (Å²) in [7, 11) is -3.65. The number of hydrogen-bond donors (Lipinski definition) is 1. The summed E-state index contributed by atoms with van der Waals surface area (Å²) in [6.45, 7) is 6.04. The fourth-order valence-corrected chi connectivity index (χ4v) is 5.13. The Bertz CT molecular complexity index is 1050. The first-order valence-electron chi connectivity index (χ1n) is 11.4. The largest absolute Gasteiger partial charge is 0.494 e. The Morgan fingerprint density at radius 1 is 0.971 bits per heavy atom. The van der Waals surface area contributed by atoms with Crippen molar-refractivity contribution in [2.75, 3.05) is 45.9 Å². The van der Waals surface area contributed by atoms with E-state index in [-0.39, 0.29) is 49.6 Å². The van der Waals surface area contributed by atoms with Crippen LogP contribution in [0.2, 0.25) is 0 Å². The van der Waals surface area contributed by atoms with Crippen LogP contribution in [0, 0.1) is 0 Å². The molecule has 0 atom stereocenters. The van der Waals surface area contributed by atoms with E-state index in [2.05, 4.69) is 5.32 Å². The van der Waals surface area contributed by atoms with Crippen LogP contribution in [0.5, 0.6) is 5.75 Å². The van der Waals surface area contributed by atoms with E-state index in [1.807, 2.05) is 44.2 Å². The number of carbonyl (C=O) groups excluding carboxylic acids is 2. The van der Waals surface area contributed by atoms with Gasteiger partial charge in [0.1, 0.15) is 5.75 Å². The highest BCUT2D eigenvalue weighted by atomic mass is 32.2. The van der Waals surface area contributed by atoms with Crippen molar-refractivity contribution >= 4 is 22.0 Å². The van der Waals surface area contributed by atoms with Crippen LogP contribution < -0.4 is 10.1 Å². The number of sulfonamides is 1. The van der Waals surface area contributed by atoms with E-state index in [0.717, 1.165) is 5.56 Å². The molecule has 1 fully saturated rings. The maximum Gasteiger partial charge on any atom is 0.317 e. The Morgan fingerprint density at radius 3 is 2.21 bits per heavy atom. The highest BCUT2D eigenvalue weighted by Crippen LogP contribution is 2.21. The molecule has 0 aliphatic carbocycles. The van der Waals surface area contributed by atoms with Gasteiger partial charge in [-0.05, 0) is 43.7 Å². The smallest absolute Gasteiger partial charge is 0.317 e. The standard InChI is InChI=1S/C24H32N4O5S/c1-3-26(19-20-8-6-5-7-9-20)23(29)18-25-24(30)27-14-16-28(17-15-27)34(31,32)22-12-10-21(11-13-22)33-4-2/h5-13H,3-4,14-19H2,1-2H3,(H,25,30). The van der Waals surface area contributed by atoms with Crippen LogP contribution in [0.4, 0.5) is 4.79 Å². The summed E-state index contributed by atoms with van der Waals surface area (Å²) in [5.74, 6) is 0.444. The maximum atomic E-state index is 12.9. The van der Waals surface area contributed by atoms with Gasteiger partial charge in [-0.1, -0.05) is 30.3 Å². The van der Waals surface area contributed by atoms with Crippen LogP contribution in [0.1, 0.15) is 19.4 Å². The van der Waals surface area contributed by atoms with Crippen molar-refractivity contribution in [2.24, 2.45) is 0 Å². The highest BCUT2D eigenvalue weighted by Gasteiger charge is 2.30. The zero-order valence-corrected chi connectivity index (χ0v) is 20.5. The van der Waals surface area contributed by atoms with Gasteiger partial charge in [0.15, 0.2) is 0 Å². The van der Waals surface area contributed by atoms with Crippen LogP contribution >= 0.6 is 0 Å². The SMILES string of the molecule is CCOc1ccc(S(=O)(=O)N2CCN(C(=O)NCC(=O)N(CC)Cc3ccccc3)CC2)cc1. The quantitative estimate of drug-likeness (QED) is 0.583. The minimum atomic E-state index is -3.65. The van der Waals surface area contributed by atoms with Gasteiger partial charge in [-0.2, -0.15) is 4.31 Å². The van der Waals surface area contributed by atoms with Crippen molar-refractivity contribution in [1.82, 2.24) is 19.4 Å². The maximum absolute atomic E-state index is 12.9. The molecule has 10 heteroatoms. The van der Waals surface area contributed by atoms with Gasteiger partial charge in [-0.25, -0.2) is 13.2 Å². The predicted molar refractivity (Wildman–Crippen MR) is 129 cm³/mol. The van der Waals surface area contributed by atoms with Gasteiger partial charge in [0.2, 0.25) is 15.9 Å². The van der Waals surface area contributed by atoms with E-state index in [4.69, 9.17) is 4.74 Å². The molecule has 3 rings (SSSR count). The lowest BCUT2D eigenvalue weighted by molar-refractivity contribution is -0.130. The van der Waals surface area contributed by atoms with Crippen LogP contribution in [-0.4, -0.2) is 80.3 Å². The molecule has 1 heterocycles. The third-order valence-electron chi connectivity index (χ3n) is 5.64. The molecule has 1 N–H and O–H groups in total. The van der Waals surface area contributed by atoms with Gasteiger partial charge in [0, 0.05) is 39.3 Å². The van der Waals surface area contributed by atoms with Gasteiger partial charge in [-0.3, -0.25) is 4.79 Å². The molecular formula is C24H32N4O5S. The number of nitrogens with one attached hydrogen (secondary N) is 1. The first-order valence-corrected chi connectivity index (χ1v) is 12.9. The van der Waals surface area contributed by atoms with Crippen molar-refractivity contribution < 1.29 is 22.7 Å². The molecule has 9 nitrogen and oxygen atoms in total. The van der Waals surface area contributed by atoms with Crippen molar-refractivity contribution in [3.8, 4) is 5.75 Å². The number of likely N-dealkylation sites (N-methyl/N-ethyl adjacent to an activating group) is 1. The number of carbonyl (C=O) groups is 2. The zero-order chi connectivity index (χ0) is 24.6. The first-order chi connectivity index (χ1) is 16.3. The van der Waals surface area contributed by atoms with Gasteiger partial charge >= 0.3 is 6.03 Å². The minimum Gasteiger partial charge on any atom is -0.494 e. The van der Waals surface area contributed by atoms with Crippen LogP contribution in [0.25, 0.3) is 0 Å². The van der Waals surface area contributed by atoms with Crippen LogP contribution in [0.3, 0.4) is 0 Å². The van der Waals surface area contributed by atoms with Crippen molar-refractivity contribution in [2.45, 2.75) is 25.3 Å². The monoisotopic (exact) mass is 488 g/mol. The Morgan fingerprint density at radius 2 is 1.62 bits per heavy atom. The van der Waals surface area contributed by atoms with E-state index in [1.165, 1.54) is 21.3 Å². The van der Waals surface area contributed by atoms with Crippen molar-refractivity contribution in [3.63, 3.8) is 0 Å². The fraction of sp³-hybridized carbons (Fsp3) is 0.417. The average Bonchev–Trinajstić information content (AvgIpc) is 2.87. The lowest BCUT2D eigenvalue weighted by atomic mass is 10.2. The van der Waals surface area contributed by atoms with Crippen LogP contribution in [-0.2, 0) is 21.4 Å². The number of nitrogens with zero attached hydrogens (tertiary/aromatic N) is 3. The molecule has 3 amide bonds. The van der Waals surface area contributed by atoms with Gasteiger partial charge in [-0.15, -0.1) is 0 Å². The number of urea groups is 1. The summed E-state index contributed by atoms with van der Waals surface area (Å²) in [4.78, 5) is 28.5. The molecule has 184 valence electrons. The number of piperazine rings is 1. The molecule has 0 unspecified atom stereocenters. The van der Waals surface area contributed by atoms with E-state index in [0.29, 0.717) is 25.4 Å². The number of benzene rings is 2. The molecule has 2 aromatic carbocycles. The summed E-state index contributed by atoms with van der Waals surface area (Å²) in [5.41, 5.74) is 1.02. The molecular weight excluding hydrogens is 456 g/mol. The molecule has 0 bridgehead atoms. The van der Waals surface area contributed by atoms with E-state index >= 15 is 0 Å². The Kier molecular flexibility index (Phi) is 8.89. The average molecular weight is 489 g/mol. The first kappa shape index (κ1) is 25.5. The third kappa shape index (κ3) is 6.48. The minimum absolute atomic E-state index is 0.107. The summed E-state index contributed by atoms with van der Waals surface area (Å²) in [6, 6.07) is 15.6. The topological polar surface area (TPSA) is 99.3 Å². The third-order valence-corrected chi connectivity index (χ3v) is 7.55. The van der Waals surface area contributed by atoms with E-state index < -0.39 is 10.0 Å². The van der Waals surface area contributed by atoms with Crippen molar-refractivity contribution in [3.05, 3.63) is 60.2 Å². The van der Waals surface area contributed by atoms with E-state index in [1.54, 1.807) is 17.0 Å². The second-order valence-corrected chi connectivity index (χ2v) is 9.79. The normalized spacial score (nSPS) is 14.5. The lowest BCUT2D eigenvalue weighted by Gasteiger charge is -2.34. The molecule has 0 saturated carbocycles. The summed E-state index contributed by atoms with van der Waals surface area (Å²) in [5, 5.41) is 2.67. The second kappa shape index (κ2) is 11.8. The molecule has 1 aliphatic rings.